The average Bonchev–Trinajstić information content (AvgIpc) is 2.41. The molecule has 0 aliphatic carbocycles. The Morgan fingerprint density at radius 1 is 1.10 bits per heavy atom. The summed E-state index contributed by atoms with van der Waals surface area (Å²) >= 11 is 0. The number of piperidine rings is 1. The third-order valence-corrected chi connectivity index (χ3v) is 4.02. The van der Waals surface area contributed by atoms with Crippen LogP contribution in [-0.4, -0.2) is 28.9 Å². The molecule has 21 heavy (non-hydrogen) atoms. The van der Waals surface area contributed by atoms with Gasteiger partial charge >= 0.3 is 0 Å². The van der Waals surface area contributed by atoms with E-state index < -0.39 is 0 Å². The molecular weight excluding hydrogens is 262 g/mol. The molecule has 0 aromatic heterocycles. The van der Waals surface area contributed by atoms with Crippen molar-refractivity contribution in [2.75, 3.05) is 5.32 Å². The summed E-state index contributed by atoms with van der Waals surface area (Å²) in [6.07, 6.45) is 3.42. The van der Waals surface area contributed by atoms with Crippen LogP contribution in [0.4, 0.5) is 5.69 Å². The summed E-state index contributed by atoms with van der Waals surface area (Å²) in [4.78, 5) is 2.06. The first-order chi connectivity index (χ1) is 9.97. The highest BCUT2D eigenvalue weighted by Gasteiger charge is 2.27. The maximum atomic E-state index is 8.21. The molecule has 1 heterocycles. The van der Waals surface area contributed by atoms with Crippen LogP contribution in [0.2, 0.25) is 0 Å². The first kappa shape index (κ1) is 15.4. The van der Waals surface area contributed by atoms with Gasteiger partial charge < -0.3 is 10.2 Å². The van der Waals surface area contributed by atoms with Gasteiger partial charge in [0.1, 0.15) is 0 Å². The van der Waals surface area contributed by atoms with E-state index in [1.807, 2.05) is 31.2 Å². The quantitative estimate of drug-likeness (QED) is 0.473. The highest BCUT2D eigenvalue weighted by Crippen LogP contribution is 2.22. The fourth-order valence-electron chi connectivity index (χ4n) is 2.86. The van der Waals surface area contributed by atoms with E-state index in [1.165, 1.54) is 12.0 Å². The number of nitrogens with one attached hydrogen (secondary N) is 4. The van der Waals surface area contributed by atoms with Crippen molar-refractivity contribution in [2.45, 2.75) is 52.1 Å². The van der Waals surface area contributed by atoms with E-state index >= 15 is 0 Å². The van der Waals surface area contributed by atoms with Crippen molar-refractivity contribution in [1.29, 1.82) is 10.8 Å². The number of hydrogen-bond donors (Lipinski definition) is 4. The zero-order valence-corrected chi connectivity index (χ0v) is 13.0. The van der Waals surface area contributed by atoms with Crippen LogP contribution in [-0.2, 0) is 0 Å². The molecule has 0 amide bonds. The van der Waals surface area contributed by atoms with E-state index in [2.05, 4.69) is 29.4 Å². The van der Waals surface area contributed by atoms with Gasteiger partial charge in [0.15, 0.2) is 11.9 Å². The second kappa shape index (κ2) is 6.61. The van der Waals surface area contributed by atoms with Crippen LogP contribution in [0.3, 0.4) is 0 Å². The molecule has 0 radical (unpaired) electrons. The van der Waals surface area contributed by atoms with Gasteiger partial charge in [-0.2, -0.15) is 0 Å². The van der Waals surface area contributed by atoms with Crippen LogP contribution in [0, 0.1) is 17.7 Å². The van der Waals surface area contributed by atoms with Crippen LogP contribution in [0.25, 0.3) is 0 Å². The predicted molar refractivity (Wildman–Crippen MR) is 88.0 cm³/mol. The molecule has 2 rings (SSSR count). The third kappa shape index (κ3) is 3.97. The van der Waals surface area contributed by atoms with Gasteiger partial charge in [-0.1, -0.05) is 17.7 Å². The molecule has 4 N–H and O–H groups in total. The number of guanidine groups is 2. The second-order valence-electron chi connectivity index (χ2n) is 5.88. The highest BCUT2D eigenvalue weighted by molar-refractivity contribution is 6.02. The Morgan fingerprint density at radius 2 is 1.67 bits per heavy atom. The first-order valence-corrected chi connectivity index (χ1v) is 7.53. The standard InChI is InChI=1S/C16H25N5/c1-11-7-9-14(10-8-11)19-15(17)20-16(18)21-12(2)5-4-6-13(21)3/h7-10,12-13H,4-6H2,1-3H3,(H4,17,18,19,20). The van der Waals surface area contributed by atoms with Crippen LogP contribution in [0.15, 0.2) is 24.3 Å². The maximum Gasteiger partial charge on any atom is 0.199 e. The maximum absolute atomic E-state index is 8.21. The number of likely N-dealkylation sites (tertiary alicyclic amines) is 1. The molecule has 0 spiro atoms. The first-order valence-electron chi connectivity index (χ1n) is 7.53. The van der Waals surface area contributed by atoms with Crippen LogP contribution >= 0.6 is 0 Å². The van der Waals surface area contributed by atoms with Gasteiger partial charge in [0.05, 0.1) is 0 Å². The third-order valence-electron chi connectivity index (χ3n) is 4.02. The van der Waals surface area contributed by atoms with E-state index in [9.17, 15) is 0 Å². The van der Waals surface area contributed by atoms with Crippen molar-refractivity contribution >= 4 is 17.6 Å². The molecule has 2 atom stereocenters. The fourth-order valence-corrected chi connectivity index (χ4v) is 2.86. The summed E-state index contributed by atoms with van der Waals surface area (Å²) in [5.41, 5.74) is 2.04. The lowest BCUT2D eigenvalue weighted by molar-refractivity contribution is 0.186. The Morgan fingerprint density at radius 3 is 2.24 bits per heavy atom. The summed E-state index contributed by atoms with van der Waals surface area (Å²) in [5, 5.41) is 22.0. The van der Waals surface area contributed by atoms with Crippen molar-refractivity contribution in [3.8, 4) is 0 Å². The Bertz CT molecular complexity index is 498. The smallest absolute Gasteiger partial charge is 0.199 e. The topological polar surface area (TPSA) is 75.0 Å². The lowest BCUT2D eigenvalue weighted by Crippen LogP contribution is -2.54. The van der Waals surface area contributed by atoms with Crippen LogP contribution < -0.4 is 10.6 Å². The minimum Gasteiger partial charge on any atom is -0.337 e. The Balaban J connectivity index is 1.92. The number of aryl methyl sites for hydroxylation is 1. The van der Waals surface area contributed by atoms with Gasteiger partial charge in [-0.15, -0.1) is 0 Å². The molecular formula is C16H25N5. The Hall–Kier alpha value is -2.04. The monoisotopic (exact) mass is 287 g/mol. The summed E-state index contributed by atoms with van der Waals surface area (Å²) < 4.78 is 0. The van der Waals surface area contributed by atoms with E-state index in [4.69, 9.17) is 10.8 Å². The SMILES string of the molecule is Cc1ccc(NC(=N)NC(=N)N2C(C)CCCC2C)cc1. The summed E-state index contributed by atoms with van der Waals surface area (Å²) in [5.74, 6) is 0.438. The molecule has 1 fully saturated rings. The molecule has 114 valence electrons. The van der Waals surface area contributed by atoms with E-state index in [-0.39, 0.29) is 5.96 Å². The molecule has 2 unspecified atom stereocenters. The van der Waals surface area contributed by atoms with Gasteiger partial charge in [-0.25, -0.2) is 0 Å². The lowest BCUT2D eigenvalue weighted by Gasteiger charge is -2.40. The van der Waals surface area contributed by atoms with E-state index in [0.717, 1.165) is 18.5 Å². The molecule has 1 aromatic rings. The normalized spacial score (nSPS) is 21.8. The van der Waals surface area contributed by atoms with Gasteiger partial charge in [0.2, 0.25) is 0 Å². The average molecular weight is 287 g/mol. The molecule has 0 bridgehead atoms. The summed E-state index contributed by atoms with van der Waals surface area (Å²) in [6, 6.07) is 8.55. The Labute approximate surface area is 126 Å². The lowest BCUT2D eigenvalue weighted by atomic mass is 9.98. The number of nitrogens with zero attached hydrogens (tertiary/aromatic N) is 1. The van der Waals surface area contributed by atoms with Crippen molar-refractivity contribution in [1.82, 2.24) is 10.2 Å². The van der Waals surface area contributed by atoms with E-state index in [0.29, 0.717) is 18.0 Å². The molecule has 0 saturated carbocycles. The minimum absolute atomic E-state index is 0.133. The molecule has 1 aliphatic rings. The Kier molecular flexibility index (Phi) is 4.83. The minimum atomic E-state index is 0.133. The van der Waals surface area contributed by atoms with Crippen molar-refractivity contribution in [3.05, 3.63) is 29.8 Å². The summed E-state index contributed by atoms with van der Waals surface area (Å²) in [7, 11) is 0. The predicted octanol–water partition coefficient (Wildman–Crippen LogP) is 3.13. The molecule has 1 aliphatic heterocycles. The highest BCUT2D eigenvalue weighted by atomic mass is 15.3. The van der Waals surface area contributed by atoms with Crippen molar-refractivity contribution in [3.63, 3.8) is 0 Å². The number of hydrogen-bond acceptors (Lipinski definition) is 2. The molecule has 1 saturated heterocycles. The van der Waals surface area contributed by atoms with Crippen LogP contribution in [0.1, 0.15) is 38.7 Å². The largest absolute Gasteiger partial charge is 0.337 e. The number of benzene rings is 1. The van der Waals surface area contributed by atoms with Gasteiger partial charge in [0, 0.05) is 17.8 Å². The van der Waals surface area contributed by atoms with Gasteiger partial charge in [0.25, 0.3) is 0 Å². The number of anilines is 1. The molecule has 5 nitrogen and oxygen atoms in total. The fraction of sp³-hybridized carbons (Fsp3) is 0.500. The van der Waals surface area contributed by atoms with Crippen molar-refractivity contribution in [2.24, 2.45) is 0 Å². The molecule has 1 aromatic carbocycles. The van der Waals surface area contributed by atoms with Gasteiger partial charge in [-0.05, 0) is 52.2 Å². The van der Waals surface area contributed by atoms with Crippen LogP contribution in [0.5, 0.6) is 0 Å². The van der Waals surface area contributed by atoms with Crippen molar-refractivity contribution < 1.29 is 0 Å². The van der Waals surface area contributed by atoms with E-state index in [1.54, 1.807) is 0 Å². The summed E-state index contributed by atoms with van der Waals surface area (Å²) in [6.45, 7) is 6.31. The second-order valence-corrected chi connectivity index (χ2v) is 5.88. The van der Waals surface area contributed by atoms with Gasteiger partial charge in [-0.3, -0.25) is 16.1 Å². The molecule has 5 heteroatoms. The zero-order valence-electron chi connectivity index (χ0n) is 13.0. The number of rotatable bonds is 1. The zero-order chi connectivity index (χ0) is 15.4.